The summed E-state index contributed by atoms with van der Waals surface area (Å²) in [5.41, 5.74) is 0.902. The first-order valence-electron chi connectivity index (χ1n) is 6.76. The minimum atomic E-state index is -0.231. The third-order valence-corrected chi connectivity index (χ3v) is 4.01. The van der Waals surface area contributed by atoms with Crippen LogP contribution in [0.15, 0.2) is 18.2 Å². The maximum absolute atomic E-state index is 13.4. The Labute approximate surface area is 119 Å². The number of hydrogen-bond donors (Lipinski definition) is 1. The molecule has 1 aliphatic rings. The molecule has 0 spiro atoms. The van der Waals surface area contributed by atoms with Gasteiger partial charge in [-0.2, -0.15) is 0 Å². The summed E-state index contributed by atoms with van der Waals surface area (Å²) >= 11 is 6.17. The Morgan fingerprint density at radius 3 is 2.89 bits per heavy atom. The van der Waals surface area contributed by atoms with E-state index >= 15 is 0 Å². The van der Waals surface area contributed by atoms with Crippen molar-refractivity contribution in [2.45, 2.75) is 32.7 Å². The summed E-state index contributed by atoms with van der Waals surface area (Å²) in [5.74, 6) is -0.231. The predicted molar refractivity (Wildman–Crippen MR) is 76.1 cm³/mol. The Morgan fingerprint density at radius 2 is 2.26 bits per heavy atom. The van der Waals surface area contributed by atoms with Crippen LogP contribution in [0.1, 0.15) is 25.8 Å². The molecular formula is C15H21ClFNO. The largest absolute Gasteiger partial charge is 0.381 e. The maximum atomic E-state index is 13.4. The highest BCUT2D eigenvalue weighted by Crippen LogP contribution is 2.34. The quantitative estimate of drug-likeness (QED) is 0.895. The molecule has 1 atom stereocenters. The molecule has 4 heteroatoms. The Morgan fingerprint density at radius 1 is 1.47 bits per heavy atom. The summed E-state index contributed by atoms with van der Waals surface area (Å²) in [6.45, 7) is 6.60. The SMILES string of the molecule is CC(C)NCC1(Cc2cc(F)ccc2Cl)CCOC1. The first-order chi connectivity index (χ1) is 9.01. The molecule has 2 nitrogen and oxygen atoms in total. The van der Waals surface area contributed by atoms with Gasteiger partial charge in [0.1, 0.15) is 5.82 Å². The van der Waals surface area contributed by atoms with Gasteiger partial charge in [0.2, 0.25) is 0 Å². The number of halogens is 2. The second kappa shape index (κ2) is 6.21. The fourth-order valence-corrected chi connectivity index (χ4v) is 2.68. The van der Waals surface area contributed by atoms with E-state index in [9.17, 15) is 4.39 Å². The highest BCUT2D eigenvalue weighted by atomic mass is 35.5. The predicted octanol–water partition coefficient (Wildman–Crippen LogP) is 3.43. The van der Waals surface area contributed by atoms with Crippen molar-refractivity contribution in [3.63, 3.8) is 0 Å². The highest BCUT2D eigenvalue weighted by Gasteiger charge is 2.35. The smallest absolute Gasteiger partial charge is 0.123 e. The molecular weight excluding hydrogens is 265 g/mol. The summed E-state index contributed by atoms with van der Waals surface area (Å²) in [5, 5.41) is 4.10. The van der Waals surface area contributed by atoms with E-state index in [2.05, 4.69) is 19.2 Å². The molecule has 1 aromatic rings. The van der Waals surface area contributed by atoms with Crippen molar-refractivity contribution in [3.8, 4) is 0 Å². The van der Waals surface area contributed by atoms with Gasteiger partial charge in [0.05, 0.1) is 6.61 Å². The van der Waals surface area contributed by atoms with Crippen molar-refractivity contribution in [2.24, 2.45) is 5.41 Å². The third-order valence-electron chi connectivity index (χ3n) is 3.64. The number of nitrogens with one attached hydrogen (secondary N) is 1. The number of rotatable bonds is 5. The van der Waals surface area contributed by atoms with Crippen molar-refractivity contribution >= 4 is 11.6 Å². The zero-order valence-electron chi connectivity index (χ0n) is 11.5. The van der Waals surface area contributed by atoms with E-state index in [-0.39, 0.29) is 11.2 Å². The van der Waals surface area contributed by atoms with E-state index in [1.165, 1.54) is 12.1 Å². The molecule has 0 aromatic heterocycles. The van der Waals surface area contributed by atoms with Gasteiger partial charge in [-0.25, -0.2) is 4.39 Å². The van der Waals surface area contributed by atoms with Gasteiger partial charge in [-0.05, 0) is 36.6 Å². The average Bonchev–Trinajstić information content (AvgIpc) is 2.81. The first-order valence-corrected chi connectivity index (χ1v) is 7.14. The summed E-state index contributed by atoms with van der Waals surface area (Å²) < 4.78 is 18.9. The topological polar surface area (TPSA) is 21.3 Å². The fourth-order valence-electron chi connectivity index (χ4n) is 2.49. The molecule has 2 rings (SSSR count). The van der Waals surface area contributed by atoms with E-state index in [4.69, 9.17) is 16.3 Å². The van der Waals surface area contributed by atoms with Gasteiger partial charge in [-0.3, -0.25) is 0 Å². The van der Waals surface area contributed by atoms with Crippen LogP contribution >= 0.6 is 11.6 Å². The van der Waals surface area contributed by atoms with Gasteiger partial charge in [-0.15, -0.1) is 0 Å². The van der Waals surface area contributed by atoms with Crippen molar-refractivity contribution < 1.29 is 9.13 Å². The van der Waals surface area contributed by atoms with Crippen molar-refractivity contribution in [2.75, 3.05) is 19.8 Å². The van der Waals surface area contributed by atoms with Gasteiger partial charge in [0, 0.05) is 29.6 Å². The van der Waals surface area contributed by atoms with Crippen molar-refractivity contribution in [1.82, 2.24) is 5.32 Å². The lowest BCUT2D eigenvalue weighted by atomic mass is 9.80. The first kappa shape index (κ1) is 14.8. The number of ether oxygens (including phenoxy) is 1. The molecule has 1 aliphatic heterocycles. The lowest BCUT2D eigenvalue weighted by Crippen LogP contribution is -2.39. The second-order valence-electron chi connectivity index (χ2n) is 5.75. The van der Waals surface area contributed by atoms with Crippen LogP contribution < -0.4 is 5.32 Å². The van der Waals surface area contributed by atoms with E-state index < -0.39 is 0 Å². The highest BCUT2D eigenvalue weighted by molar-refractivity contribution is 6.31. The van der Waals surface area contributed by atoms with Crippen LogP contribution in [0.25, 0.3) is 0 Å². The molecule has 0 radical (unpaired) electrons. The van der Waals surface area contributed by atoms with Crippen molar-refractivity contribution in [1.29, 1.82) is 0 Å². The normalized spacial score (nSPS) is 23.2. The van der Waals surface area contributed by atoms with Gasteiger partial charge in [0.25, 0.3) is 0 Å². The van der Waals surface area contributed by atoms with Crippen LogP contribution in [-0.4, -0.2) is 25.8 Å². The Kier molecular flexibility index (Phi) is 4.82. The molecule has 1 heterocycles. The number of hydrogen-bond acceptors (Lipinski definition) is 2. The fraction of sp³-hybridized carbons (Fsp3) is 0.600. The Hall–Kier alpha value is -0.640. The average molecular weight is 286 g/mol. The summed E-state index contributed by atoms with van der Waals surface area (Å²) in [4.78, 5) is 0. The van der Waals surface area contributed by atoms with E-state index in [1.54, 1.807) is 6.07 Å². The van der Waals surface area contributed by atoms with Crippen molar-refractivity contribution in [3.05, 3.63) is 34.6 Å². The molecule has 0 amide bonds. The lowest BCUT2D eigenvalue weighted by molar-refractivity contribution is 0.148. The molecule has 0 bridgehead atoms. The summed E-state index contributed by atoms with van der Waals surface area (Å²) in [7, 11) is 0. The monoisotopic (exact) mass is 285 g/mol. The van der Waals surface area contributed by atoms with E-state index in [0.717, 1.165) is 31.6 Å². The van der Waals surface area contributed by atoms with Gasteiger partial charge in [0.15, 0.2) is 0 Å². The minimum Gasteiger partial charge on any atom is -0.381 e. The Balaban J connectivity index is 2.13. The lowest BCUT2D eigenvalue weighted by Gasteiger charge is -2.29. The molecule has 1 unspecified atom stereocenters. The molecule has 106 valence electrons. The van der Waals surface area contributed by atoms with E-state index in [0.29, 0.717) is 17.7 Å². The molecule has 1 saturated heterocycles. The zero-order valence-corrected chi connectivity index (χ0v) is 12.3. The van der Waals surface area contributed by atoms with E-state index in [1.807, 2.05) is 0 Å². The number of benzene rings is 1. The van der Waals surface area contributed by atoms with Crippen LogP contribution in [0.3, 0.4) is 0 Å². The van der Waals surface area contributed by atoms with Gasteiger partial charge in [-0.1, -0.05) is 25.4 Å². The second-order valence-corrected chi connectivity index (χ2v) is 6.16. The molecule has 0 saturated carbocycles. The zero-order chi connectivity index (χ0) is 13.9. The molecule has 1 aromatic carbocycles. The van der Waals surface area contributed by atoms with Gasteiger partial charge < -0.3 is 10.1 Å². The van der Waals surface area contributed by atoms with Crippen LogP contribution in [0.2, 0.25) is 5.02 Å². The van der Waals surface area contributed by atoms with Crippen LogP contribution in [0.4, 0.5) is 4.39 Å². The molecule has 1 N–H and O–H groups in total. The Bertz CT molecular complexity index is 430. The molecule has 1 fully saturated rings. The molecule has 0 aliphatic carbocycles. The maximum Gasteiger partial charge on any atom is 0.123 e. The summed E-state index contributed by atoms with van der Waals surface area (Å²) in [6, 6.07) is 5.00. The summed E-state index contributed by atoms with van der Waals surface area (Å²) in [6.07, 6.45) is 1.74. The van der Waals surface area contributed by atoms with Crippen LogP contribution in [0, 0.1) is 11.2 Å². The minimum absolute atomic E-state index is 0.0295. The van der Waals surface area contributed by atoms with Crippen LogP contribution in [0.5, 0.6) is 0 Å². The third kappa shape index (κ3) is 3.91. The molecule has 19 heavy (non-hydrogen) atoms. The van der Waals surface area contributed by atoms with Crippen LogP contribution in [-0.2, 0) is 11.2 Å². The van der Waals surface area contributed by atoms with Gasteiger partial charge >= 0.3 is 0 Å². The standard InChI is InChI=1S/C15H21ClFNO/c1-11(2)18-9-15(5-6-19-10-15)8-12-7-13(17)3-4-14(12)16/h3-4,7,11,18H,5-6,8-10H2,1-2H3.